The predicted octanol–water partition coefficient (Wildman–Crippen LogP) is 4.19. The van der Waals surface area contributed by atoms with Crippen LogP contribution in [0.5, 0.6) is 5.75 Å². The largest absolute Gasteiger partial charge is 0.492 e. The molecule has 0 spiro atoms. The van der Waals surface area contributed by atoms with Crippen molar-refractivity contribution in [1.29, 1.82) is 0 Å². The van der Waals surface area contributed by atoms with Gasteiger partial charge in [0.25, 0.3) is 0 Å². The Morgan fingerprint density at radius 2 is 2.14 bits per heavy atom. The van der Waals surface area contributed by atoms with Crippen molar-refractivity contribution in [2.75, 3.05) is 13.2 Å². The van der Waals surface area contributed by atoms with Gasteiger partial charge in [0.2, 0.25) is 0 Å². The summed E-state index contributed by atoms with van der Waals surface area (Å²) in [7, 11) is 0. The Hall–Kier alpha value is -1.39. The molecule has 0 fully saturated rings. The maximum Gasteiger partial charge on any atom is 0.137 e. The molecule has 114 valence electrons. The Morgan fingerprint density at radius 3 is 2.86 bits per heavy atom. The number of hydrogen-bond acceptors (Lipinski definition) is 4. The molecule has 0 aliphatic rings. The highest BCUT2D eigenvalue weighted by molar-refractivity contribution is 7.10. The Kier molecular flexibility index (Phi) is 6.21. The van der Waals surface area contributed by atoms with E-state index in [2.05, 4.69) is 48.6 Å². The molecular formula is C17H24N2OS. The maximum atomic E-state index is 5.71. The lowest BCUT2D eigenvalue weighted by atomic mass is 10.0. The van der Waals surface area contributed by atoms with Gasteiger partial charge in [-0.15, -0.1) is 11.3 Å². The van der Waals surface area contributed by atoms with Gasteiger partial charge in [0.15, 0.2) is 0 Å². The van der Waals surface area contributed by atoms with Crippen LogP contribution in [0.4, 0.5) is 0 Å². The SMILES string of the molecule is CCCOc1cncc(C(NCC)c2sccc2CC)c1. The van der Waals surface area contributed by atoms with E-state index >= 15 is 0 Å². The van der Waals surface area contributed by atoms with Gasteiger partial charge in [-0.05, 0) is 48.0 Å². The molecule has 0 bridgehead atoms. The number of ether oxygens (including phenoxy) is 1. The first-order valence-electron chi connectivity index (χ1n) is 7.67. The summed E-state index contributed by atoms with van der Waals surface area (Å²) < 4.78 is 5.71. The number of hydrogen-bond donors (Lipinski definition) is 1. The average molecular weight is 304 g/mol. The number of thiophene rings is 1. The first kappa shape index (κ1) is 16.0. The molecule has 3 nitrogen and oxygen atoms in total. The van der Waals surface area contributed by atoms with Crippen molar-refractivity contribution in [3.63, 3.8) is 0 Å². The van der Waals surface area contributed by atoms with Crippen LogP contribution < -0.4 is 10.1 Å². The quantitative estimate of drug-likeness (QED) is 0.794. The first-order valence-corrected chi connectivity index (χ1v) is 8.55. The van der Waals surface area contributed by atoms with Crippen LogP contribution in [0.15, 0.2) is 29.9 Å². The Balaban J connectivity index is 2.29. The highest BCUT2D eigenvalue weighted by Crippen LogP contribution is 2.31. The van der Waals surface area contributed by atoms with Crippen LogP contribution in [0.2, 0.25) is 0 Å². The second kappa shape index (κ2) is 8.15. The van der Waals surface area contributed by atoms with Crippen LogP contribution in [0, 0.1) is 0 Å². The third-order valence-electron chi connectivity index (χ3n) is 3.37. The van der Waals surface area contributed by atoms with E-state index in [4.69, 9.17) is 4.74 Å². The fraction of sp³-hybridized carbons (Fsp3) is 0.471. The fourth-order valence-electron chi connectivity index (χ4n) is 2.35. The van der Waals surface area contributed by atoms with Crippen molar-refractivity contribution in [3.8, 4) is 5.75 Å². The number of aryl methyl sites for hydroxylation is 1. The summed E-state index contributed by atoms with van der Waals surface area (Å²) in [6.07, 6.45) is 5.79. The molecule has 1 atom stereocenters. The number of aromatic nitrogens is 1. The molecule has 0 aromatic carbocycles. The van der Waals surface area contributed by atoms with Crippen LogP contribution in [0.25, 0.3) is 0 Å². The summed E-state index contributed by atoms with van der Waals surface area (Å²) in [6.45, 7) is 8.10. The van der Waals surface area contributed by atoms with Gasteiger partial charge in [0, 0.05) is 11.1 Å². The predicted molar refractivity (Wildman–Crippen MR) is 89.2 cm³/mol. The number of nitrogens with zero attached hydrogens (tertiary/aromatic N) is 1. The van der Waals surface area contributed by atoms with Gasteiger partial charge in [-0.25, -0.2) is 0 Å². The molecule has 0 saturated carbocycles. The summed E-state index contributed by atoms with van der Waals surface area (Å²) in [5, 5.41) is 5.74. The molecule has 4 heteroatoms. The van der Waals surface area contributed by atoms with Crippen LogP contribution in [-0.2, 0) is 6.42 Å². The molecule has 0 amide bonds. The van der Waals surface area contributed by atoms with E-state index in [-0.39, 0.29) is 6.04 Å². The Labute approximate surface area is 131 Å². The van der Waals surface area contributed by atoms with E-state index in [1.165, 1.54) is 16.0 Å². The Morgan fingerprint density at radius 1 is 1.29 bits per heavy atom. The van der Waals surface area contributed by atoms with Gasteiger partial charge in [0.05, 0.1) is 18.8 Å². The van der Waals surface area contributed by atoms with E-state index in [9.17, 15) is 0 Å². The zero-order chi connectivity index (χ0) is 15.1. The molecule has 2 heterocycles. The smallest absolute Gasteiger partial charge is 0.137 e. The summed E-state index contributed by atoms with van der Waals surface area (Å²) >= 11 is 1.81. The average Bonchev–Trinajstić information content (AvgIpc) is 2.99. The van der Waals surface area contributed by atoms with Crippen LogP contribution in [0.1, 0.15) is 49.2 Å². The minimum absolute atomic E-state index is 0.197. The van der Waals surface area contributed by atoms with Gasteiger partial charge in [-0.3, -0.25) is 4.98 Å². The highest BCUT2D eigenvalue weighted by atomic mass is 32.1. The number of pyridine rings is 1. The van der Waals surface area contributed by atoms with Crippen molar-refractivity contribution in [1.82, 2.24) is 10.3 Å². The van der Waals surface area contributed by atoms with Crippen molar-refractivity contribution in [2.24, 2.45) is 0 Å². The van der Waals surface area contributed by atoms with E-state index in [1.54, 1.807) is 6.20 Å². The van der Waals surface area contributed by atoms with E-state index in [0.29, 0.717) is 0 Å². The molecule has 2 aromatic heterocycles. The highest BCUT2D eigenvalue weighted by Gasteiger charge is 2.18. The monoisotopic (exact) mass is 304 g/mol. The lowest BCUT2D eigenvalue weighted by Gasteiger charge is -2.19. The molecule has 1 unspecified atom stereocenters. The number of nitrogens with one attached hydrogen (secondary N) is 1. The minimum atomic E-state index is 0.197. The van der Waals surface area contributed by atoms with Gasteiger partial charge in [0.1, 0.15) is 5.75 Å². The molecule has 2 aromatic rings. The third kappa shape index (κ3) is 4.05. The lowest BCUT2D eigenvalue weighted by molar-refractivity contribution is 0.315. The fourth-order valence-corrected chi connectivity index (χ4v) is 3.45. The maximum absolute atomic E-state index is 5.71. The van der Waals surface area contributed by atoms with Crippen molar-refractivity contribution in [2.45, 2.75) is 39.7 Å². The lowest BCUT2D eigenvalue weighted by Crippen LogP contribution is -2.22. The van der Waals surface area contributed by atoms with Gasteiger partial charge < -0.3 is 10.1 Å². The normalized spacial score (nSPS) is 12.3. The van der Waals surface area contributed by atoms with Crippen molar-refractivity contribution >= 4 is 11.3 Å². The zero-order valence-corrected chi connectivity index (χ0v) is 13.9. The second-order valence-corrected chi connectivity index (χ2v) is 5.90. The van der Waals surface area contributed by atoms with Crippen LogP contribution >= 0.6 is 11.3 Å². The minimum Gasteiger partial charge on any atom is -0.492 e. The summed E-state index contributed by atoms with van der Waals surface area (Å²) in [5.41, 5.74) is 2.58. The molecule has 0 saturated heterocycles. The summed E-state index contributed by atoms with van der Waals surface area (Å²) in [5.74, 6) is 0.854. The van der Waals surface area contributed by atoms with Gasteiger partial charge in [-0.1, -0.05) is 20.8 Å². The molecule has 21 heavy (non-hydrogen) atoms. The van der Waals surface area contributed by atoms with Gasteiger partial charge in [-0.2, -0.15) is 0 Å². The van der Waals surface area contributed by atoms with E-state index in [0.717, 1.165) is 31.7 Å². The van der Waals surface area contributed by atoms with Crippen LogP contribution in [-0.4, -0.2) is 18.1 Å². The van der Waals surface area contributed by atoms with Crippen LogP contribution in [0.3, 0.4) is 0 Å². The van der Waals surface area contributed by atoms with E-state index < -0.39 is 0 Å². The molecule has 0 aliphatic heterocycles. The third-order valence-corrected chi connectivity index (χ3v) is 4.40. The summed E-state index contributed by atoms with van der Waals surface area (Å²) in [6, 6.07) is 4.52. The standard InChI is InChI=1S/C17H24N2OS/c1-4-8-20-15-10-14(11-18-12-15)16(19-6-3)17-13(5-2)7-9-21-17/h7,9-12,16,19H,4-6,8H2,1-3H3. The molecular weight excluding hydrogens is 280 g/mol. The Bertz CT molecular complexity index is 553. The molecule has 0 radical (unpaired) electrons. The second-order valence-electron chi connectivity index (χ2n) is 4.96. The first-order chi connectivity index (χ1) is 10.3. The topological polar surface area (TPSA) is 34.1 Å². The van der Waals surface area contributed by atoms with Gasteiger partial charge >= 0.3 is 0 Å². The zero-order valence-electron chi connectivity index (χ0n) is 13.1. The van der Waals surface area contributed by atoms with Crippen molar-refractivity contribution in [3.05, 3.63) is 45.9 Å². The molecule has 2 rings (SSSR count). The molecule has 0 aliphatic carbocycles. The number of rotatable bonds is 8. The van der Waals surface area contributed by atoms with Crippen molar-refractivity contribution < 1.29 is 4.74 Å². The summed E-state index contributed by atoms with van der Waals surface area (Å²) in [4.78, 5) is 5.73. The molecule has 1 N–H and O–H groups in total. The van der Waals surface area contributed by atoms with E-state index in [1.807, 2.05) is 17.5 Å².